The highest BCUT2D eigenvalue weighted by molar-refractivity contribution is 7.98. The number of hydrogen-bond acceptors (Lipinski definition) is 7. The van der Waals surface area contributed by atoms with Crippen molar-refractivity contribution in [3.63, 3.8) is 0 Å². The van der Waals surface area contributed by atoms with E-state index in [0.29, 0.717) is 13.2 Å². The summed E-state index contributed by atoms with van der Waals surface area (Å²) >= 11 is 3.68. The van der Waals surface area contributed by atoms with Gasteiger partial charge in [-0.05, 0) is 74.2 Å². The fourth-order valence-electron chi connectivity index (χ4n) is 5.23. The van der Waals surface area contributed by atoms with Gasteiger partial charge in [-0.1, -0.05) is 60.7 Å². The zero-order chi connectivity index (χ0) is 31.2. The molecule has 0 atom stereocenters. The van der Waals surface area contributed by atoms with Crippen molar-refractivity contribution in [1.29, 1.82) is 0 Å². The van der Waals surface area contributed by atoms with Crippen LogP contribution in [0.3, 0.4) is 0 Å². The molecule has 0 aliphatic carbocycles. The Bertz CT molecular complexity index is 1790. The van der Waals surface area contributed by atoms with Gasteiger partial charge in [-0.2, -0.15) is 23.5 Å². The van der Waals surface area contributed by atoms with Gasteiger partial charge in [0.15, 0.2) is 0 Å². The zero-order valence-corrected chi connectivity index (χ0v) is 28.0. The van der Waals surface area contributed by atoms with Crippen LogP contribution >= 0.6 is 23.5 Å². The Balaban J connectivity index is 1.03. The molecule has 0 fully saturated rings. The van der Waals surface area contributed by atoms with Crippen LogP contribution in [0, 0.1) is 27.7 Å². The first-order valence-electron chi connectivity index (χ1n) is 15.4. The van der Waals surface area contributed by atoms with E-state index in [1.165, 1.54) is 22.3 Å². The van der Waals surface area contributed by atoms with Crippen molar-refractivity contribution in [3.8, 4) is 22.5 Å². The molecule has 4 aromatic carbocycles. The molecule has 0 saturated heterocycles. The maximum atomic E-state index is 6.02. The number of nitrogens with zero attached hydrogens (tertiary/aromatic N) is 4. The van der Waals surface area contributed by atoms with Crippen LogP contribution in [0.5, 0.6) is 0 Å². The second kappa shape index (κ2) is 14.5. The molecule has 0 aliphatic rings. The Morgan fingerprint density at radius 1 is 0.489 bits per heavy atom. The average molecular weight is 631 g/mol. The van der Waals surface area contributed by atoms with Gasteiger partial charge in [0, 0.05) is 34.1 Å². The molecule has 5 nitrogen and oxygen atoms in total. The second-order valence-corrected chi connectivity index (χ2v) is 13.5. The summed E-state index contributed by atoms with van der Waals surface area (Å²) in [5.41, 5.74) is 14.9. The van der Waals surface area contributed by atoms with Crippen LogP contribution < -0.4 is 0 Å². The van der Waals surface area contributed by atoms with Crippen molar-refractivity contribution in [3.05, 3.63) is 119 Å². The molecule has 2 aromatic heterocycles. The van der Waals surface area contributed by atoms with E-state index in [2.05, 4.69) is 100 Å². The Morgan fingerprint density at radius 3 is 1.22 bits per heavy atom. The first-order chi connectivity index (χ1) is 22.0. The van der Waals surface area contributed by atoms with E-state index in [9.17, 15) is 0 Å². The van der Waals surface area contributed by atoms with E-state index < -0.39 is 0 Å². The lowest BCUT2D eigenvalue weighted by Gasteiger charge is -2.12. The fourth-order valence-corrected chi connectivity index (χ4v) is 6.78. The number of aryl methyl sites for hydroxylation is 4. The SMILES string of the molecule is Cc1cc2nc(CSCCOCCSCc3nc4cc(C)c(C)cc4nc3-c3ccccc3)c(-c3ccccc3)nc2cc1C. The Hall–Kier alpha value is -3.78. The lowest BCUT2D eigenvalue weighted by Crippen LogP contribution is -2.04. The van der Waals surface area contributed by atoms with Gasteiger partial charge >= 0.3 is 0 Å². The minimum atomic E-state index is 0.703. The second-order valence-electron chi connectivity index (χ2n) is 11.3. The number of hydrogen-bond donors (Lipinski definition) is 0. The van der Waals surface area contributed by atoms with Gasteiger partial charge in [0.25, 0.3) is 0 Å². The van der Waals surface area contributed by atoms with Crippen LogP contribution in [0.15, 0.2) is 84.9 Å². The molecular weight excluding hydrogens is 593 g/mol. The molecule has 45 heavy (non-hydrogen) atoms. The van der Waals surface area contributed by atoms with Gasteiger partial charge in [-0.15, -0.1) is 0 Å². The van der Waals surface area contributed by atoms with Crippen LogP contribution in [0.4, 0.5) is 0 Å². The molecule has 0 aliphatic heterocycles. The Kier molecular flexibility index (Phi) is 10.1. The van der Waals surface area contributed by atoms with Crippen molar-refractivity contribution < 1.29 is 4.74 Å². The van der Waals surface area contributed by atoms with Crippen LogP contribution in [0.25, 0.3) is 44.6 Å². The lowest BCUT2D eigenvalue weighted by atomic mass is 10.1. The summed E-state index contributed by atoms with van der Waals surface area (Å²) in [6.45, 7) is 9.92. The number of rotatable bonds is 12. The summed E-state index contributed by atoms with van der Waals surface area (Å²) < 4.78 is 6.02. The summed E-state index contributed by atoms with van der Waals surface area (Å²) in [6.07, 6.45) is 0. The van der Waals surface area contributed by atoms with E-state index in [4.69, 9.17) is 24.7 Å². The monoisotopic (exact) mass is 630 g/mol. The minimum Gasteiger partial charge on any atom is -0.380 e. The summed E-state index contributed by atoms with van der Waals surface area (Å²) in [6, 6.07) is 29.3. The molecule has 228 valence electrons. The largest absolute Gasteiger partial charge is 0.380 e. The quantitative estimate of drug-likeness (QED) is 0.125. The maximum absolute atomic E-state index is 6.02. The van der Waals surface area contributed by atoms with Gasteiger partial charge in [-0.3, -0.25) is 0 Å². The van der Waals surface area contributed by atoms with E-state index >= 15 is 0 Å². The van der Waals surface area contributed by atoms with Crippen LogP contribution in [-0.4, -0.2) is 44.7 Å². The smallest absolute Gasteiger partial charge is 0.0933 e. The third kappa shape index (κ3) is 7.55. The van der Waals surface area contributed by atoms with Crippen molar-refractivity contribution in [2.75, 3.05) is 24.7 Å². The van der Waals surface area contributed by atoms with Crippen LogP contribution in [0.2, 0.25) is 0 Å². The number of benzene rings is 4. The highest BCUT2D eigenvalue weighted by Crippen LogP contribution is 2.29. The Morgan fingerprint density at radius 2 is 0.844 bits per heavy atom. The molecule has 0 bridgehead atoms. The topological polar surface area (TPSA) is 60.8 Å². The highest BCUT2D eigenvalue weighted by Gasteiger charge is 2.14. The van der Waals surface area contributed by atoms with Gasteiger partial charge < -0.3 is 4.74 Å². The van der Waals surface area contributed by atoms with Crippen molar-refractivity contribution in [2.24, 2.45) is 0 Å². The van der Waals surface area contributed by atoms with Gasteiger partial charge in [-0.25, -0.2) is 19.9 Å². The van der Waals surface area contributed by atoms with Gasteiger partial charge in [0.1, 0.15) is 0 Å². The molecule has 0 radical (unpaired) electrons. The molecule has 2 heterocycles. The standard InChI is InChI=1S/C38H38N4OS2/c1-25-19-31-33(21-27(25)3)41-37(29-11-7-5-8-12-29)35(39-31)23-44-17-15-43-16-18-45-24-36-38(30-13-9-6-10-14-30)42-34-22-28(4)26(2)20-32(34)40-36/h5-14,19-22H,15-18,23-24H2,1-4H3. The molecule has 0 N–H and O–H groups in total. The predicted octanol–water partition coefficient (Wildman–Crippen LogP) is 9.32. The molecule has 7 heteroatoms. The average Bonchev–Trinajstić information content (AvgIpc) is 3.05. The van der Waals surface area contributed by atoms with Crippen LogP contribution in [-0.2, 0) is 16.2 Å². The highest BCUT2D eigenvalue weighted by atomic mass is 32.2. The van der Waals surface area contributed by atoms with Crippen molar-refractivity contribution >= 4 is 45.6 Å². The molecule has 6 rings (SSSR count). The third-order valence-electron chi connectivity index (χ3n) is 8.02. The van der Waals surface area contributed by atoms with Crippen LogP contribution in [0.1, 0.15) is 33.6 Å². The lowest BCUT2D eigenvalue weighted by molar-refractivity contribution is 0.167. The first kappa shape index (κ1) is 31.2. The minimum absolute atomic E-state index is 0.703. The maximum Gasteiger partial charge on any atom is 0.0933 e. The van der Waals surface area contributed by atoms with E-state index in [1.54, 1.807) is 0 Å². The van der Waals surface area contributed by atoms with Gasteiger partial charge in [0.05, 0.1) is 58.1 Å². The summed E-state index contributed by atoms with van der Waals surface area (Å²) in [7, 11) is 0. The first-order valence-corrected chi connectivity index (χ1v) is 17.7. The number of thioether (sulfide) groups is 2. The molecule has 0 spiro atoms. The molecule has 6 aromatic rings. The van der Waals surface area contributed by atoms with E-state index in [1.807, 2.05) is 35.7 Å². The van der Waals surface area contributed by atoms with Crippen molar-refractivity contribution in [1.82, 2.24) is 19.9 Å². The van der Waals surface area contributed by atoms with E-state index in [0.717, 1.165) is 79.0 Å². The molecule has 0 saturated carbocycles. The Labute approximate surface area is 274 Å². The number of fused-ring (bicyclic) bond motifs is 2. The third-order valence-corrected chi connectivity index (χ3v) is 9.89. The molecule has 0 amide bonds. The normalized spacial score (nSPS) is 11.5. The predicted molar refractivity (Wildman–Crippen MR) is 192 cm³/mol. The fraction of sp³-hybridized carbons (Fsp3) is 0.263. The summed E-state index contributed by atoms with van der Waals surface area (Å²) in [5.74, 6) is 3.39. The number of ether oxygens (including phenoxy) is 1. The van der Waals surface area contributed by atoms with Gasteiger partial charge in [0.2, 0.25) is 0 Å². The van der Waals surface area contributed by atoms with E-state index in [-0.39, 0.29) is 0 Å². The summed E-state index contributed by atoms with van der Waals surface area (Å²) in [5, 5.41) is 0. The number of aromatic nitrogens is 4. The molecular formula is C38H38N4OS2. The zero-order valence-electron chi connectivity index (χ0n) is 26.3. The molecule has 0 unspecified atom stereocenters. The summed E-state index contributed by atoms with van der Waals surface area (Å²) in [4.78, 5) is 20.2. The van der Waals surface area contributed by atoms with Crippen molar-refractivity contribution in [2.45, 2.75) is 39.2 Å².